The highest BCUT2D eigenvalue weighted by molar-refractivity contribution is 5.75. The lowest BCUT2D eigenvalue weighted by atomic mass is 10.0. The van der Waals surface area contributed by atoms with Crippen molar-refractivity contribution < 1.29 is 4.79 Å². The number of carbonyl (C=O) groups is 1. The second kappa shape index (κ2) is 4.53. The summed E-state index contributed by atoms with van der Waals surface area (Å²) in [5.74, 6) is 0.526. The molecule has 0 aliphatic carbocycles. The molecule has 0 atom stereocenters. The van der Waals surface area contributed by atoms with Crippen LogP contribution in [0, 0.1) is 0 Å². The standard InChI is InChI=1S/C14H16N2O/c1-10(2)11-4-6-12(7-5-11)14-8-13(9-17)16(3)15-14/h4-10H,1-3H3. The van der Waals surface area contributed by atoms with E-state index in [-0.39, 0.29) is 0 Å². The third-order valence-electron chi connectivity index (χ3n) is 2.91. The Bertz CT molecular complexity index is 524. The van der Waals surface area contributed by atoms with Crippen molar-refractivity contribution in [2.75, 3.05) is 0 Å². The van der Waals surface area contributed by atoms with Crippen LogP contribution in [0.4, 0.5) is 0 Å². The van der Waals surface area contributed by atoms with E-state index in [2.05, 4.69) is 31.1 Å². The Kier molecular flexibility index (Phi) is 3.09. The van der Waals surface area contributed by atoms with Crippen molar-refractivity contribution in [1.29, 1.82) is 0 Å². The van der Waals surface area contributed by atoms with E-state index >= 15 is 0 Å². The lowest BCUT2D eigenvalue weighted by Crippen LogP contribution is -1.95. The normalized spacial score (nSPS) is 10.8. The van der Waals surface area contributed by atoms with Gasteiger partial charge in [0.05, 0.1) is 5.69 Å². The van der Waals surface area contributed by atoms with Crippen LogP contribution >= 0.6 is 0 Å². The Labute approximate surface area is 101 Å². The van der Waals surface area contributed by atoms with E-state index < -0.39 is 0 Å². The van der Waals surface area contributed by atoms with Crippen LogP contribution in [-0.4, -0.2) is 16.1 Å². The van der Waals surface area contributed by atoms with Gasteiger partial charge in [0, 0.05) is 12.6 Å². The molecular weight excluding hydrogens is 212 g/mol. The average Bonchev–Trinajstić information content (AvgIpc) is 2.70. The molecule has 0 saturated carbocycles. The zero-order valence-corrected chi connectivity index (χ0v) is 10.3. The lowest BCUT2D eigenvalue weighted by Gasteiger charge is -2.05. The Balaban J connectivity index is 2.36. The van der Waals surface area contributed by atoms with Crippen LogP contribution in [0.1, 0.15) is 35.8 Å². The molecule has 3 heteroatoms. The summed E-state index contributed by atoms with van der Waals surface area (Å²) in [5.41, 5.74) is 3.77. The summed E-state index contributed by atoms with van der Waals surface area (Å²) in [6.07, 6.45) is 0.818. The molecular formula is C14H16N2O. The monoisotopic (exact) mass is 228 g/mol. The van der Waals surface area contributed by atoms with Gasteiger partial charge in [0.1, 0.15) is 5.69 Å². The minimum Gasteiger partial charge on any atom is -0.296 e. The van der Waals surface area contributed by atoms with Crippen LogP contribution in [0.3, 0.4) is 0 Å². The van der Waals surface area contributed by atoms with Gasteiger partial charge in [0.2, 0.25) is 0 Å². The van der Waals surface area contributed by atoms with Crippen molar-refractivity contribution in [3.05, 3.63) is 41.6 Å². The molecule has 0 spiro atoms. The molecule has 17 heavy (non-hydrogen) atoms. The quantitative estimate of drug-likeness (QED) is 0.757. The summed E-state index contributed by atoms with van der Waals surface area (Å²) in [4.78, 5) is 10.8. The summed E-state index contributed by atoms with van der Waals surface area (Å²) >= 11 is 0. The van der Waals surface area contributed by atoms with Crippen LogP contribution < -0.4 is 0 Å². The maximum absolute atomic E-state index is 10.8. The van der Waals surface area contributed by atoms with Gasteiger partial charge in [-0.25, -0.2) is 0 Å². The van der Waals surface area contributed by atoms with E-state index in [9.17, 15) is 4.79 Å². The first kappa shape index (κ1) is 11.6. The molecule has 0 aliphatic heterocycles. The van der Waals surface area contributed by atoms with Crippen LogP contribution in [-0.2, 0) is 7.05 Å². The molecule has 2 rings (SSSR count). The number of hydrogen-bond acceptors (Lipinski definition) is 2. The number of aryl methyl sites for hydroxylation is 1. The van der Waals surface area contributed by atoms with Gasteiger partial charge in [-0.3, -0.25) is 9.48 Å². The minimum atomic E-state index is 0.526. The van der Waals surface area contributed by atoms with Crippen molar-refractivity contribution in [1.82, 2.24) is 9.78 Å². The van der Waals surface area contributed by atoms with E-state index in [4.69, 9.17) is 0 Å². The van der Waals surface area contributed by atoms with E-state index in [0.29, 0.717) is 11.6 Å². The largest absolute Gasteiger partial charge is 0.296 e. The predicted octanol–water partition coefficient (Wildman–Crippen LogP) is 3.02. The van der Waals surface area contributed by atoms with Crippen molar-refractivity contribution in [3.63, 3.8) is 0 Å². The highest BCUT2D eigenvalue weighted by Crippen LogP contribution is 2.21. The molecule has 88 valence electrons. The zero-order valence-electron chi connectivity index (χ0n) is 10.3. The molecule has 0 bridgehead atoms. The molecule has 1 heterocycles. The number of hydrogen-bond donors (Lipinski definition) is 0. The first-order chi connectivity index (χ1) is 8.11. The molecule has 2 aromatic rings. The Hall–Kier alpha value is -1.90. The number of aldehydes is 1. The maximum atomic E-state index is 10.8. The fourth-order valence-electron chi connectivity index (χ4n) is 1.77. The maximum Gasteiger partial charge on any atom is 0.168 e. The number of benzene rings is 1. The molecule has 0 fully saturated rings. The smallest absolute Gasteiger partial charge is 0.168 e. The number of nitrogens with zero attached hydrogens (tertiary/aromatic N) is 2. The molecule has 1 aromatic carbocycles. The van der Waals surface area contributed by atoms with Crippen LogP contribution in [0.25, 0.3) is 11.3 Å². The summed E-state index contributed by atoms with van der Waals surface area (Å²) < 4.78 is 1.60. The fraction of sp³-hybridized carbons (Fsp3) is 0.286. The lowest BCUT2D eigenvalue weighted by molar-refractivity contribution is 0.111. The molecule has 0 aliphatic rings. The topological polar surface area (TPSA) is 34.9 Å². The first-order valence-electron chi connectivity index (χ1n) is 5.71. The summed E-state index contributed by atoms with van der Waals surface area (Å²) in [5, 5.41) is 4.31. The van der Waals surface area contributed by atoms with Crippen molar-refractivity contribution in [3.8, 4) is 11.3 Å². The summed E-state index contributed by atoms with van der Waals surface area (Å²) in [7, 11) is 1.77. The van der Waals surface area contributed by atoms with Gasteiger partial charge < -0.3 is 0 Å². The van der Waals surface area contributed by atoms with E-state index in [1.54, 1.807) is 17.8 Å². The predicted molar refractivity (Wildman–Crippen MR) is 68.1 cm³/mol. The third kappa shape index (κ3) is 2.28. The third-order valence-corrected chi connectivity index (χ3v) is 2.91. The van der Waals surface area contributed by atoms with Gasteiger partial charge in [0.25, 0.3) is 0 Å². The van der Waals surface area contributed by atoms with E-state index in [1.807, 2.05) is 12.1 Å². The van der Waals surface area contributed by atoms with Crippen molar-refractivity contribution >= 4 is 6.29 Å². The SMILES string of the molecule is CC(C)c1ccc(-c2cc(C=O)n(C)n2)cc1. The van der Waals surface area contributed by atoms with Crippen molar-refractivity contribution in [2.24, 2.45) is 7.05 Å². The molecule has 0 N–H and O–H groups in total. The first-order valence-corrected chi connectivity index (χ1v) is 5.71. The molecule has 0 unspecified atom stereocenters. The van der Waals surface area contributed by atoms with Crippen LogP contribution in [0.5, 0.6) is 0 Å². The molecule has 0 radical (unpaired) electrons. The molecule has 0 amide bonds. The van der Waals surface area contributed by atoms with Crippen molar-refractivity contribution in [2.45, 2.75) is 19.8 Å². The zero-order chi connectivity index (χ0) is 12.4. The van der Waals surface area contributed by atoms with Gasteiger partial charge in [-0.1, -0.05) is 38.1 Å². The summed E-state index contributed by atoms with van der Waals surface area (Å²) in [6.45, 7) is 4.33. The van der Waals surface area contributed by atoms with E-state index in [0.717, 1.165) is 17.5 Å². The second-order valence-electron chi connectivity index (χ2n) is 4.47. The summed E-state index contributed by atoms with van der Waals surface area (Å²) in [6, 6.07) is 10.1. The number of carbonyl (C=O) groups excluding carboxylic acids is 1. The second-order valence-corrected chi connectivity index (χ2v) is 4.47. The molecule has 0 saturated heterocycles. The highest BCUT2D eigenvalue weighted by atomic mass is 16.1. The Morgan fingerprint density at radius 3 is 2.35 bits per heavy atom. The average molecular weight is 228 g/mol. The molecule has 3 nitrogen and oxygen atoms in total. The number of rotatable bonds is 3. The van der Waals surface area contributed by atoms with Gasteiger partial charge in [-0.2, -0.15) is 5.10 Å². The molecule has 1 aromatic heterocycles. The Morgan fingerprint density at radius 2 is 1.88 bits per heavy atom. The minimum absolute atomic E-state index is 0.526. The Morgan fingerprint density at radius 1 is 1.24 bits per heavy atom. The van der Waals surface area contributed by atoms with E-state index in [1.165, 1.54) is 5.56 Å². The van der Waals surface area contributed by atoms with Gasteiger partial charge in [-0.15, -0.1) is 0 Å². The van der Waals surface area contributed by atoms with Gasteiger partial charge in [0.15, 0.2) is 6.29 Å². The fourth-order valence-corrected chi connectivity index (χ4v) is 1.77. The van der Waals surface area contributed by atoms with Gasteiger partial charge in [-0.05, 0) is 17.5 Å². The highest BCUT2D eigenvalue weighted by Gasteiger charge is 2.06. The van der Waals surface area contributed by atoms with Crippen LogP contribution in [0.15, 0.2) is 30.3 Å². The number of aromatic nitrogens is 2. The van der Waals surface area contributed by atoms with Crippen LogP contribution in [0.2, 0.25) is 0 Å². The van der Waals surface area contributed by atoms with Gasteiger partial charge >= 0.3 is 0 Å².